The number of methoxy groups -OCH3 is 1. The molecule has 3 atom stereocenters. The molecule has 1 unspecified atom stereocenters. The van der Waals surface area contributed by atoms with Gasteiger partial charge in [0.2, 0.25) is 0 Å². The molecule has 1 aromatic carbocycles. The normalized spacial score (nSPS) is 27.1. The van der Waals surface area contributed by atoms with Crippen molar-refractivity contribution in [2.24, 2.45) is 11.8 Å². The average molecular weight is 278 g/mol. The molecule has 0 bridgehead atoms. The molecule has 1 aliphatic heterocycles. The van der Waals surface area contributed by atoms with Crippen LogP contribution >= 0.6 is 0 Å². The molecule has 112 valence electrons. The van der Waals surface area contributed by atoms with Gasteiger partial charge < -0.3 is 14.2 Å². The van der Waals surface area contributed by atoms with Crippen LogP contribution in [0.25, 0.3) is 0 Å². The Morgan fingerprint density at radius 3 is 1.85 bits per heavy atom. The average Bonchev–Trinajstić information content (AvgIpc) is 2.46. The van der Waals surface area contributed by atoms with Crippen LogP contribution in [0.3, 0.4) is 0 Å². The molecule has 2 rings (SSSR count). The molecule has 20 heavy (non-hydrogen) atoms. The number of hydrogen-bond acceptors (Lipinski definition) is 3. The maximum atomic E-state index is 6.12. The highest BCUT2D eigenvalue weighted by atomic mass is 16.7. The Balaban J connectivity index is 2.15. The minimum absolute atomic E-state index is 0.253. The zero-order valence-electron chi connectivity index (χ0n) is 13.1. The van der Waals surface area contributed by atoms with Crippen molar-refractivity contribution < 1.29 is 14.2 Å². The van der Waals surface area contributed by atoms with Crippen LogP contribution in [0.1, 0.15) is 46.0 Å². The molecule has 0 aromatic heterocycles. The minimum Gasteiger partial charge on any atom is -0.497 e. The smallest absolute Gasteiger partial charge is 0.184 e. The van der Waals surface area contributed by atoms with E-state index in [2.05, 4.69) is 27.7 Å². The van der Waals surface area contributed by atoms with E-state index < -0.39 is 0 Å². The second-order valence-electron chi connectivity index (χ2n) is 6.18. The molecule has 1 saturated heterocycles. The van der Waals surface area contributed by atoms with Gasteiger partial charge in [-0.05, 0) is 24.0 Å². The van der Waals surface area contributed by atoms with Crippen LogP contribution in [-0.4, -0.2) is 19.3 Å². The Kier molecular flexibility index (Phi) is 5.06. The fourth-order valence-electron chi connectivity index (χ4n) is 2.47. The van der Waals surface area contributed by atoms with Crippen molar-refractivity contribution in [3.63, 3.8) is 0 Å². The van der Waals surface area contributed by atoms with Gasteiger partial charge in [0.25, 0.3) is 0 Å². The first-order chi connectivity index (χ1) is 9.51. The minimum atomic E-state index is -0.269. The summed E-state index contributed by atoms with van der Waals surface area (Å²) in [6.07, 6.45) is 1.21. The Hall–Kier alpha value is -1.06. The van der Waals surface area contributed by atoms with Crippen molar-refractivity contribution in [1.29, 1.82) is 0 Å². The van der Waals surface area contributed by atoms with E-state index in [1.165, 1.54) is 0 Å². The maximum absolute atomic E-state index is 6.12. The molecule has 0 aliphatic carbocycles. The van der Waals surface area contributed by atoms with Gasteiger partial charge in [-0.25, -0.2) is 0 Å². The summed E-state index contributed by atoms with van der Waals surface area (Å²) in [5, 5.41) is 0. The fraction of sp³-hybridized carbons (Fsp3) is 0.647. The van der Waals surface area contributed by atoms with Crippen LogP contribution in [0.5, 0.6) is 5.75 Å². The third kappa shape index (κ3) is 3.53. The zero-order chi connectivity index (χ0) is 14.7. The lowest BCUT2D eigenvalue weighted by atomic mass is 9.93. The van der Waals surface area contributed by atoms with Crippen molar-refractivity contribution in [1.82, 2.24) is 0 Å². The third-order valence-corrected chi connectivity index (χ3v) is 3.94. The summed E-state index contributed by atoms with van der Waals surface area (Å²) in [6, 6.07) is 7.93. The first kappa shape index (κ1) is 15.3. The largest absolute Gasteiger partial charge is 0.497 e. The van der Waals surface area contributed by atoms with E-state index in [0.717, 1.165) is 17.7 Å². The van der Waals surface area contributed by atoms with Crippen molar-refractivity contribution in [2.45, 2.75) is 52.6 Å². The highest BCUT2D eigenvalue weighted by molar-refractivity contribution is 5.28. The van der Waals surface area contributed by atoms with Gasteiger partial charge in [0.15, 0.2) is 6.29 Å². The predicted molar refractivity (Wildman–Crippen MR) is 79.8 cm³/mol. The van der Waals surface area contributed by atoms with Gasteiger partial charge in [-0.1, -0.05) is 39.8 Å². The van der Waals surface area contributed by atoms with Gasteiger partial charge in [-0.15, -0.1) is 0 Å². The Bertz CT molecular complexity index is 395. The molecule has 1 aromatic rings. The maximum Gasteiger partial charge on any atom is 0.184 e. The monoisotopic (exact) mass is 278 g/mol. The molecule has 0 amide bonds. The molecule has 1 fully saturated rings. The van der Waals surface area contributed by atoms with E-state index in [9.17, 15) is 0 Å². The fourth-order valence-corrected chi connectivity index (χ4v) is 2.47. The van der Waals surface area contributed by atoms with E-state index in [1.807, 2.05) is 24.3 Å². The molecular weight excluding hydrogens is 252 g/mol. The van der Waals surface area contributed by atoms with Crippen molar-refractivity contribution >= 4 is 0 Å². The molecule has 0 spiro atoms. The molecule has 0 radical (unpaired) electrons. The summed E-state index contributed by atoms with van der Waals surface area (Å²) in [5.74, 6) is 1.85. The van der Waals surface area contributed by atoms with Gasteiger partial charge >= 0.3 is 0 Å². The second-order valence-corrected chi connectivity index (χ2v) is 6.18. The molecule has 0 N–H and O–H groups in total. The summed E-state index contributed by atoms with van der Waals surface area (Å²) in [4.78, 5) is 0. The van der Waals surface area contributed by atoms with Crippen LogP contribution in [-0.2, 0) is 9.47 Å². The Morgan fingerprint density at radius 2 is 1.45 bits per heavy atom. The third-order valence-electron chi connectivity index (χ3n) is 3.94. The number of rotatable bonds is 4. The van der Waals surface area contributed by atoms with Gasteiger partial charge in [0.1, 0.15) is 5.75 Å². The second kappa shape index (κ2) is 6.59. The summed E-state index contributed by atoms with van der Waals surface area (Å²) >= 11 is 0. The van der Waals surface area contributed by atoms with Crippen molar-refractivity contribution in [3.8, 4) is 5.75 Å². The van der Waals surface area contributed by atoms with Crippen LogP contribution in [0.15, 0.2) is 24.3 Å². The van der Waals surface area contributed by atoms with Gasteiger partial charge in [-0.2, -0.15) is 0 Å². The molecule has 1 aliphatic rings. The highest BCUT2D eigenvalue weighted by Gasteiger charge is 2.33. The van der Waals surface area contributed by atoms with Crippen LogP contribution in [0, 0.1) is 11.8 Å². The Labute approximate surface area is 122 Å². The quantitative estimate of drug-likeness (QED) is 0.827. The van der Waals surface area contributed by atoms with E-state index in [-0.39, 0.29) is 18.5 Å². The first-order valence-corrected chi connectivity index (χ1v) is 7.46. The predicted octanol–water partition coefficient (Wildman–Crippen LogP) is 4.18. The lowest BCUT2D eigenvalue weighted by Crippen LogP contribution is -2.38. The van der Waals surface area contributed by atoms with E-state index in [1.54, 1.807) is 7.11 Å². The highest BCUT2D eigenvalue weighted by Crippen LogP contribution is 2.35. The van der Waals surface area contributed by atoms with Crippen molar-refractivity contribution in [3.05, 3.63) is 29.8 Å². The summed E-state index contributed by atoms with van der Waals surface area (Å²) in [6.45, 7) is 8.83. The molecule has 0 saturated carbocycles. The van der Waals surface area contributed by atoms with Gasteiger partial charge in [-0.3, -0.25) is 0 Å². The van der Waals surface area contributed by atoms with Crippen molar-refractivity contribution in [2.75, 3.05) is 7.11 Å². The van der Waals surface area contributed by atoms with E-state index >= 15 is 0 Å². The van der Waals surface area contributed by atoms with E-state index in [0.29, 0.717) is 11.8 Å². The first-order valence-electron chi connectivity index (χ1n) is 7.46. The zero-order valence-corrected chi connectivity index (χ0v) is 13.1. The van der Waals surface area contributed by atoms with E-state index in [4.69, 9.17) is 14.2 Å². The lowest BCUT2D eigenvalue weighted by Gasteiger charge is -2.39. The molecular formula is C17H26O3. The van der Waals surface area contributed by atoms with Gasteiger partial charge in [0.05, 0.1) is 19.3 Å². The lowest BCUT2D eigenvalue weighted by molar-refractivity contribution is -0.264. The number of benzene rings is 1. The topological polar surface area (TPSA) is 27.7 Å². The standard InChI is InChI=1S/C17H26O3/c1-11(2)15-10-16(12(3)4)20-17(19-15)13-6-8-14(18-5)9-7-13/h6-9,11-12,15-17H,10H2,1-5H3/t15-,16+,17?. The summed E-state index contributed by atoms with van der Waals surface area (Å²) in [5.41, 5.74) is 1.06. The van der Waals surface area contributed by atoms with Gasteiger partial charge in [0, 0.05) is 12.0 Å². The summed E-state index contributed by atoms with van der Waals surface area (Å²) in [7, 11) is 1.67. The van der Waals surface area contributed by atoms with Crippen LogP contribution in [0.2, 0.25) is 0 Å². The number of ether oxygens (including phenoxy) is 3. The molecule has 1 heterocycles. The Morgan fingerprint density at radius 1 is 0.950 bits per heavy atom. The van der Waals surface area contributed by atoms with Crippen LogP contribution in [0.4, 0.5) is 0 Å². The molecule has 3 nitrogen and oxygen atoms in total. The number of hydrogen-bond donors (Lipinski definition) is 0. The summed E-state index contributed by atoms with van der Waals surface area (Å²) < 4.78 is 17.4. The van der Waals surface area contributed by atoms with Crippen LogP contribution < -0.4 is 4.74 Å². The SMILES string of the molecule is COc1ccc(C2O[C@H](C(C)C)C[C@H](C(C)C)O2)cc1. The molecule has 3 heteroatoms.